The number of nitrogens with one attached hydrogen (secondary N) is 14. The zero-order valence-corrected chi connectivity index (χ0v) is 86.9. The molecule has 5 saturated carbocycles. The van der Waals surface area contributed by atoms with Gasteiger partial charge in [0.25, 0.3) is 0 Å². The van der Waals surface area contributed by atoms with Gasteiger partial charge in [-0.3, -0.25) is 67.1 Å². The molecule has 0 aromatic carbocycles. The van der Waals surface area contributed by atoms with Gasteiger partial charge in [-0.1, -0.05) is 71.1 Å². The highest BCUT2D eigenvalue weighted by Gasteiger charge is 2.43. The number of carbonyl (C=O) groups is 18. The van der Waals surface area contributed by atoms with Crippen LogP contribution in [-0.4, -0.2) is 222 Å². The summed E-state index contributed by atoms with van der Waals surface area (Å²) < 4.78 is 14.3. The maximum Gasteiger partial charge on any atom is 0.352 e. The molecule has 9 aliphatic carbocycles. The number of Topliss-reactive ketones (excluding diaryl/α,β-unsaturated/α-hetero) is 3. The molecule has 19 N–H and O–H groups in total. The average molecular weight is 2080 g/mol. The molecule has 39 nitrogen and oxygen atoms in total. The third kappa shape index (κ3) is 34.8. The van der Waals surface area contributed by atoms with Crippen LogP contribution in [0.4, 0.5) is 0 Å². The first kappa shape index (κ1) is 115. The molecule has 0 bridgehead atoms. The van der Waals surface area contributed by atoms with E-state index < -0.39 is 83.8 Å². The van der Waals surface area contributed by atoms with E-state index in [0.29, 0.717) is 156 Å². The summed E-state index contributed by atoms with van der Waals surface area (Å²) in [5.41, 5.74) is 22.9. The zero-order valence-electron chi connectivity index (χ0n) is 86.0. The number of nitrogens with zero attached hydrogens (tertiary/aromatic N) is 1. The number of aromatic amines is 4. The number of esters is 3. The maximum atomic E-state index is 13.2. The molecule has 9 heterocycles. The second kappa shape index (κ2) is 55.4. The number of primary amides is 1. The van der Waals surface area contributed by atoms with E-state index in [1.165, 1.54) is 69.3 Å². The van der Waals surface area contributed by atoms with Gasteiger partial charge in [0.15, 0.2) is 17.3 Å². The van der Waals surface area contributed by atoms with Crippen molar-refractivity contribution in [2.75, 3.05) is 54.1 Å². The van der Waals surface area contributed by atoms with E-state index in [1.54, 1.807) is 6.07 Å². The van der Waals surface area contributed by atoms with Crippen molar-refractivity contribution in [1.82, 2.24) is 73.1 Å². The van der Waals surface area contributed by atoms with E-state index in [-0.39, 0.29) is 163 Å². The van der Waals surface area contributed by atoms with Gasteiger partial charge in [-0.15, -0.1) is 12.4 Å². The first-order valence-electron chi connectivity index (χ1n) is 53.9. The molecule has 0 unspecified atom stereocenters. The van der Waals surface area contributed by atoms with Crippen LogP contribution in [0.1, 0.15) is 325 Å². The fourth-order valence-corrected chi connectivity index (χ4v) is 21.6. The Morgan fingerprint density at radius 2 is 0.622 bits per heavy atom. The van der Waals surface area contributed by atoms with Gasteiger partial charge in [-0.05, 0) is 275 Å². The summed E-state index contributed by atoms with van der Waals surface area (Å²) in [7, 11) is 3.83. The van der Waals surface area contributed by atoms with Crippen molar-refractivity contribution in [1.29, 1.82) is 5.26 Å². The van der Waals surface area contributed by atoms with Crippen molar-refractivity contribution in [3.63, 3.8) is 0 Å². The fourth-order valence-electron chi connectivity index (χ4n) is 21.6. The van der Waals surface area contributed by atoms with Gasteiger partial charge in [-0.25, -0.2) is 19.2 Å². The molecule has 0 radical (unpaired) electrons. The lowest BCUT2D eigenvalue weighted by molar-refractivity contribution is -0.146. The number of amides is 11. The molecule has 18 rings (SSSR count). The number of aryl methyl sites for hydroxylation is 8. The maximum absolute atomic E-state index is 13.2. The number of ether oxygens (including phenoxy) is 3. The topological polar surface area (TPSA) is 614 Å². The van der Waals surface area contributed by atoms with Crippen LogP contribution >= 0.6 is 12.4 Å². The van der Waals surface area contributed by atoms with E-state index in [9.17, 15) is 91.6 Å². The van der Waals surface area contributed by atoms with Crippen LogP contribution in [0.3, 0.4) is 0 Å². The number of rotatable bonds is 44. The number of aromatic nitrogens is 4. The van der Waals surface area contributed by atoms with Gasteiger partial charge in [0.1, 0.15) is 35.9 Å². The standard InChI is InChI=1S/C24H33N3O5.C23H32N4O4.C23H30N4O3.C15H24N2O4.C14H23N3O4.C9H11NO2.ClH/c1-32-24(31)20(12-16-8-9-25-22(16)29)27-23(30)17(10-14-6-7-14)13-21(28)19-11-15-4-2-3-5-18(15)26-19;24-21(29)19(11-15-7-8-25-22(15)30)27-23(31)16(9-13-5-6-13)12-20(28)18-10-14-3-1-2-4-17(14)26-18;24-13-18(10-16-7-8-25-22(16)29)26-23(30)17(9-14-5-6-14)12-21(28)20-11-15-3-1-2-4-19(15)27-20;1-9(7-10-3-4-10)13(18)17-12(15(20)21-2)8-11-5-6-16-14(11)19;1-21-14(20)11(7-9-4-5-16-12(9)18)17-13(19)10(15)6-8-2-3-8;11-9(12)8-5-6-3-1-2-4-7(6)10-8;/h11,14,16-17,20,26H,2-10,12-13H2,1H3,(H,25,29)(H,27,30);10,13,15-16,19,26H,1-9,11-12H2,(H2,24,29)(H,25,30)(H,27,31);11,14,16-18,27H,1-10,12H2,(H,25,29)(H,26,30);9-12H,3-8H2,1-2H3,(H,16,19)(H,17,18);8-11H,2-7,15H2,1H3,(H,16,18)(H,17,19);5,10H,1-4H2,(H,11,12);1H/t16-,17+,20-;15-,16+,19-;16-,17+,18-;9-,11-,12-;9-,10-,11-;;/m00000../s1. The number of H-pyrrole nitrogens is 4. The van der Waals surface area contributed by atoms with Gasteiger partial charge >= 0.3 is 23.9 Å². The van der Waals surface area contributed by atoms with Gasteiger partial charge in [0.05, 0.1) is 50.5 Å². The van der Waals surface area contributed by atoms with Crippen molar-refractivity contribution in [2.45, 2.75) is 326 Å². The van der Waals surface area contributed by atoms with Crippen LogP contribution in [0.15, 0.2) is 24.3 Å². The Kier molecular flexibility index (Phi) is 42.9. The van der Waals surface area contributed by atoms with Crippen LogP contribution in [0.5, 0.6) is 0 Å². The van der Waals surface area contributed by atoms with Crippen molar-refractivity contribution in [3.05, 3.63) is 92.1 Å². The molecule has 11 amide bonds. The number of hydrogen-bond donors (Lipinski definition) is 17. The molecule has 810 valence electrons. The summed E-state index contributed by atoms with van der Waals surface area (Å²) in [6.45, 7) is 4.88. The highest BCUT2D eigenvalue weighted by atomic mass is 35.5. The monoisotopic (exact) mass is 2080 g/mol. The summed E-state index contributed by atoms with van der Waals surface area (Å²) in [6.07, 6.45) is 36.6. The largest absolute Gasteiger partial charge is 0.477 e. The molecule has 10 fully saturated rings. The lowest BCUT2D eigenvalue weighted by Gasteiger charge is -2.22. The summed E-state index contributed by atoms with van der Waals surface area (Å²) in [6, 6.07) is 5.05. The van der Waals surface area contributed by atoms with Crippen LogP contribution in [-0.2, 0) is 133 Å². The number of ketones is 3. The number of carboxylic acids is 1. The van der Waals surface area contributed by atoms with Gasteiger partial charge < -0.3 is 104 Å². The van der Waals surface area contributed by atoms with Crippen LogP contribution in [0, 0.1) is 94.2 Å². The number of carbonyl (C=O) groups excluding carboxylic acids is 17. The Morgan fingerprint density at radius 3 is 0.905 bits per heavy atom. The van der Waals surface area contributed by atoms with Gasteiger partial charge in [-0.2, -0.15) is 5.26 Å². The molecule has 0 spiro atoms. The molecule has 5 saturated heterocycles. The molecule has 15 atom stereocenters. The Bertz CT molecular complexity index is 5250. The normalized spacial score (nSPS) is 22.1. The van der Waals surface area contributed by atoms with Gasteiger partial charge in [0, 0.05) is 128 Å². The lowest BCUT2D eigenvalue weighted by atomic mass is 9.92. The zero-order chi connectivity index (χ0) is 105. The number of nitrogens with two attached hydrogens (primary N) is 2. The number of carboxylic acid groups (broad SMARTS) is 1. The minimum Gasteiger partial charge on any atom is -0.477 e. The Labute approximate surface area is 870 Å². The number of methoxy groups -OCH3 is 3. The first-order chi connectivity index (χ1) is 70.7. The highest BCUT2D eigenvalue weighted by Crippen LogP contribution is 2.42. The van der Waals surface area contributed by atoms with Crippen molar-refractivity contribution >= 4 is 119 Å². The lowest BCUT2D eigenvalue weighted by Crippen LogP contribution is -2.49. The molecular formula is C108H154ClN17O22. The number of nitriles is 1. The van der Waals surface area contributed by atoms with Gasteiger partial charge in [0.2, 0.25) is 65.0 Å². The molecule has 4 aromatic heterocycles. The summed E-state index contributed by atoms with van der Waals surface area (Å²) >= 11 is 0. The molecule has 5 aliphatic heterocycles. The van der Waals surface area contributed by atoms with Crippen LogP contribution < -0.4 is 64.6 Å². The Hall–Kier alpha value is -12.1. The fraction of sp³-hybridized carbons (Fsp3) is 0.676. The molecular weight excluding hydrogens is 1920 g/mol. The smallest absolute Gasteiger partial charge is 0.352 e. The Morgan fingerprint density at radius 1 is 0.358 bits per heavy atom. The third-order valence-electron chi connectivity index (χ3n) is 31.3. The molecule has 14 aliphatic rings. The molecule has 4 aromatic rings. The quantitative estimate of drug-likeness (QED) is 0.0114. The second-order valence-electron chi connectivity index (χ2n) is 43.2. The summed E-state index contributed by atoms with van der Waals surface area (Å²) in [5, 5.41) is 45.6. The molecule has 148 heavy (non-hydrogen) atoms. The molecule has 40 heteroatoms. The first-order valence-corrected chi connectivity index (χ1v) is 53.9. The summed E-state index contributed by atoms with van der Waals surface area (Å²) in [4.78, 5) is 232. The SMILES string of the molecule is COC(=O)[C@H](C[C@@H]1CCNC1=O)NC(=O)[C@@H](C)CC1CC1.COC(=O)[C@H](C[C@@H]1CCNC1=O)NC(=O)[C@@H](CC(=O)c1cc2c([nH]1)CCCC2)CC1CC1.COC(=O)[C@H](C[C@@H]1CCNC1=O)NC(=O)[C@@H](N)CC1CC1.Cl.N#C[C@H](C[C@@H]1CCNC1=O)NC(=O)[C@@H](CC(=O)c1cc2c([nH]1)CCCC2)CC1CC1.NC(=O)[C@H](C[C@@H]1CCNC1=O)NC(=O)[C@@H](CC(=O)c1cc2c([nH]1)CCCC2)CC1CC1.O=C(O)c1cc2c([nH]1)CCCC2. The highest BCUT2D eigenvalue weighted by molar-refractivity contribution is 6.01. The minimum absolute atomic E-state index is 0. The predicted octanol–water partition coefficient (Wildman–Crippen LogP) is 7.78. The van der Waals surface area contributed by atoms with E-state index in [1.807, 2.05) is 25.1 Å². The predicted molar refractivity (Wildman–Crippen MR) is 544 cm³/mol. The van der Waals surface area contributed by atoms with Crippen LogP contribution in [0.2, 0.25) is 0 Å². The number of fused-ring (bicyclic) bond motifs is 4. The van der Waals surface area contributed by atoms with E-state index >= 15 is 0 Å². The minimum atomic E-state index is -0.907. The average Bonchev–Trinajstić information content (AvgIpc) is 1.74. The van der Waals surface area contributed by atoms with Crippen molar-refractivity contribution in [2.24, 2.45) is 94.3 Å². The van der Waals surface area contributed by atoms with E-state index in [4.69, 9.17) is 30.8 Å². The van der Waals surface area contributed by atoms with Crippen LogP contribution in [0.25, 0.3) is 0 Å². The van der Waals surface area contributed by atoms with Crippen molar-refractivity contribution in [3.8, 4) is 6.07 Å². The van der Waals surface area contributed by atoms with E-state index in [2.05, 4.69) is 79.2 Å². The van der Waals surface area contributed by atoms with Crippen molar-refractivity contribution < 1.29 is 106 Å². The Balaban J connectivity index is 0.000000161. The summed E-state index contributed by atoms with van der Waals surface area (Å²) in [5.74, 6) is -5.36. The van der Waals surface area contributed by atoms with E-state index in [0.717, 1.165) is 170 Å². The third-order valence-corrected chi connectivity index (χ3v) is 31.3. The number of halogens is 1. The number of hydrogen-bond acceptors (Lipinski definition) is 23. The number of aromatic carboxylic acids is 1. The second-order valence-corrected chi connectivity index (χ2v) is 43.2.